The summed E-state index contributed by atoms with van der Waals surface area (Å²) in [7, 11) is 0. The van der Waals surface area contributed by atoms with Gasteiger partial charge in [-0.25, -0.2) is 0 Å². The highest BCUT2D eigenvalue weighted by molar-refractivity contribution is 5.10. The average molecular weight is 263 g/mol. The molecule has 19 heavy (non-hydrogen) atoms. The monoisotopic (exact) mass is 263 g/mol. The summed E-state index contributed by atoms with van der Waals surface area (Å²) in [4.78, 5) is 4.70. The van der Waals surface area contributed by atoms with Gasteiger partial charge in [0, 0.05) is 5.41 Å². The maximum absolute atomic E-state index is 6.48. The van der Waals surface area contributed by atoms with E-state index in [0.717, 1.165) is 37.4 Å². The Morgan fingerprint density at radius 1 is 0.947 bits per heavy atom. The van der Waals surface area contributed by atoms with E-state index in [4.69, 9.17) is 15.2 Å². The molecule has 1 aromatic heterocycles. The number of nitrogens with zero attached hydrogens (tertiary/aromatic N) is 2. The molecule has 2 fully saturated rings. The lowest BCUT2D eigenvalue weighted by atomic mass is 9.75. The lowest BCUT2D eigenvalue weighted by molar-refractivity contribution is 0.228. The first kappa shape index (κ1) is 13.1. The van der Waals surface area contributed by atoms with Gasteiger partial charge in [0.1, 0.15) is 0 Å². The van der Waals surface area contributed by atoms with Crippen molar-refractivity contribution in [2.75, 3.05) is 0 Å². The molecule has 1 aromatic rings. The number of aromatic nitrogens is 2. The quantitative estimate of drug-likeness (QED) is 0.888. The first-order valence-corrected chi connectivity index (χ1v) is 7.76. The fourth-order valence-corrected chi connectivity index (χ4v) is 3.62. The van der Waals surface area contributed by atoms with Gasteiger partial charge in [-0.2, -0.15) is 4.98 Å². The highest BCUT2D eigenvalue weighted by atomic mass is 16.5. The summed E-state index contributed by atoms with van der Waals surface area (Å²) >= 11 is 0. The summed E-state index contributed by atoms with van der Waals surface area (Å²) in [6, 6.07) is 0. The topological polar surface area (TPSA) is 64.9 Å². The lowest BCUT2D eigenvalue weighted by Gasteiger charge is -2.31. The molecule has 0 unspecified atom stereocenters. The van der Waals surface area contributed by atoms with Crippen molar-refractivity contribution in [3.05, 3.63) is 11.7 Å². The molecule has 0 radical (unpaired) electrons. The van der Waals surface area contributed by atoms with Crippen LogP contribution in [0.4, 0.5) is 0 Å². The predicted octanol–water partition coefficient (Wildman–Crippen LogP) is 3.41. The van der Waals surface area contributed by atoms with Gasteiger partial charge in [-0.1, -0.05) is 50.6 Å². The molecular weight excluding hydrogens is 238 g/mol. The van der Waals surface area contributed by atoms with Crippen molar-refractivity contribution in [3.63, 3.8) is 0 Å². The van der Waals surface area contributed by atoms with E-state index in [1.54, 1.807) is 0 Å². The first-order valence-electron chi connectivity index (χ1n) is 7.76. The maximum atomic E-state index is 6.48. The fraction of sp³-hybridized carbons (Fsp3) is 0.867. The first-order chi connectivity index (χ1) is 9.12. The van der Waals surface area contributed by atoms with E-state index in [9.17, 15) is 0 Å². The summed E-state index contributed by atoms with van der Waals surface area (Å²) in [5.74, 6) is 1.56. The van der Waals surface area contributed by atoms with Crippen LogP contribution in [0.2, 0.25) is 0 Å². The number of rotatable bonds is 2. The van der Waals surface area contributed by atoms with E-state index in [1.165, 1.54) is 38.5 Å². The van der Waals surface area contributed by atoms with Crippen LogP contribution in [0.3, 0.4) is 0 Å². The third kappa shape index (κ3) is 2.42. The molecule has 4 nitrogen and oxygen atoms in total. The highest BCUT2D eigenvalue weighted by Crippen LogP contribution is 2.39. The molecule has 0 spiro atoms. The molecule has 0 amide bonds. The van der Waals surface area contributed by atoms with Crippen molar-refractivity contribution in [2.45, 2.75) is 82.1 Å². The zero-order chi connectivity index (χ0) is 13.3. The van der Waals surface area contributed by atoms with E-state index in [0.29, 0.717) is 0 Å². The van der Waals surface area contributed by atoms with Gasteiger partial charge in [0.15, 0.2) is 5.82 Å². The Balaban J connectivity index is 1.82. The van der Waals surface area contributed by atoms with Crippen LogP contribution in [0, 0.1) is 0 Å². The summed E-state index contributed by atoms with van der Waals surface area (Å²) in [5.41, 5.74) is 6.22. The molecule has 0 atom stereocenters. The van der Waals surface area contributed by atoms with Gasteiger partial charge in [0.25, 0.3) is 0 Å². The molecule has 106 valence electrons. The third-order valence-corrected chi connectivity index (χ3v) is 5.09. The van der Waals surface area contributed by atoms with Crippen LogP contribution in [0.25, 0.3) is 0 Å². The van der Waals surface area contributed by atoms with Crippen molar-refractivity contribution in [2.24, 2.45) is 5.73 Å². The molecule has 2 aliphatic rings. The summed E-state index contributed by atoms with van der Waals surface area (Å²) in [5, 5.41) is 4.22. The van der Waals surface area contributed by atoms with Gasteiger partial charge in [0.05, 0.1) is 5.54 Å². The van der Waals surface area contributed by atoms with Gasteiger partial charge < -0.3 is 10.3 Å². The lowest BCUT2D eigenvalue weighted by Crippen LogP contribution is -2.40. The second kappa shape index (κ2) is 4.89. The Bertz CT molecular complexity index is 390. The molecule has 1 heterocycles. The molecule has 4 heteroatoms. The normalized spacial score (nSPS) is 26.2. The Morgan fingerprint density at radius 2 is 1.53 bits per heavy atom. The van der Waals surface area contributed by atoms with Crippen LogP contribution in [-0.4, -0.2) is 10.1 Å². The predicted molar refractivity (Wildman–Crippen MR) is 73.7 cm³/mol. The number of hydrogen-bond donors (Lipinski definition) is 1. The van der Waals surface area contributed by atoms with Crippen LogP contribution < -0.4 is 5.73 Å². The Labute approximate surface area is 115 Å². The van der Waals surface area contributed by atoms with Gasteiger partial charge in [-0.15, -0.1) is 0 Å². The van der Waals surface area contributed by atoms with Crippen molar-refractivity contribution in [3.8, 4) is 0 Å². The van der Waals surface area contributed by atoms with Crippen LogP contribution in [0.5, 0.6) is 0 Å². The standard InChI is InChI=1S/C15H25N3O/c1-14(8-4-2-5-9-14)13-17-12(18-19-13)15(16)10-6-3-7-11-15/h2-11,16H2,1H3. The van der Waals surface area contributed by atoms with Crippen LogP contribution in [-0.2, 0) is 11.0 Å². The molecule has 0 bridgehead atoms. The smallest absolute Gasteiger partial charge is 0.232 e. The molecule has 2 aliphatic carbocycles. The van der Waals surface area contributed by atoms with Gasteiger partial charge >= 0.3 is 0 Å². The number of hydrogen-bond acceptors (Lipinski definition) is 4. The third-order valence-electron chi connectivity index (χ3n) is 5.09. The van der Waals surface area contributed by atoms with Crippen molar-refractivity contribution >= 4 is 0 Å². The largest absolute Gasteiger partial charge is 0.339 e. The van der Waals surface area contributed by atoms with E-state index >= 15 is 0 Å². The van der Waals surface area contributed by atoms with Gasteiger partial charge in [-0.05, 0) is 25.7 Å². The zero-order valence-corrected chi connectivity index (χ0v) is 12.0. The average Bonchev–Trinajstić information content (AvgIpc) is 2.91. The zero-order valence-electron chi connectivity index (χ0n) is 12.0. The summed E-state index contributed by atoms with van der Waals surface area (Å²) in [6.45, 7) is 2.26. The van der Waals surface area contributed by atoms with Crippen LogP contribution in [0.15, 0.2) is 4.52 Å². The van der Waals surface area contributed by atoms with E-state index in [1.807, 2.05) is 0 Å². The SMILES string of the molecule is CC1(c2nc(C3(N)CCCCC3)no2)CCCCC1. The van der Waals surface area contributed by atoms with E-state index < -0.39 is 0 Å². The minimum Gasteiger partial charge on any atom is -0.339 e. The molecular formula is C15H25N3O. The molecule has 2 saturated carbocycles. The van der Waals surface area contributed by atoms with Crippen molar-refractivity contribution < 1.29 is 4.52 Å². The maximum Gasteiger partial charge on any atom is 0.232 e. The number of nitrogens with two attached hydrogens (primary N) is 1. The minimum absolute atomic E-state index is 0.0779. The molecule has 0 aliphatic heterocycles. The fourth-order valence-electron chi connectivity index (χ4n) is 3.62. The van der Waals surface area contributed by atoms with E-state index in [2.05, 4.69) is 12.1 Å². The molecule has 2 N–H and O–H groups in total. The Hall–Kier alpha value is -0.900. The van der Waals surface area contributed by atoms with Gasteiger partial charge in [-0.3, -0.25) is 0 Å². The van der Waals surface area contributed by atoms with Gasteiger partial charge in [0.2, 0.25) is 5.89 Å². The van der Waals surface area contributed by atoms with E-state index in [-0.39, 0.29) is 11.0 Å². The minimum atomic E-state index is -0.342. The molecule has 3 rings (SSSR count). The van der Waals surface area contributed by atoms with Crippen molar-refractivity contribution in [1.29, 1.82) is 0 Å². The Morgan fingerprint density at radius 3 is 2.16 bits per heavy atom. The van der Waals surface area contributed by atoms with Crippen molar-refractivity contribution in [1.82, 2.24) is 10.1 Å². The second-order valence-corrected chi connectivity index (χ2v) is 6.76. The Kier molecular flexibility index (Phi) is 3.37. The second-order valence-electron chi connectivity index (χ2n) is 6.76. The van der Waals surface area contributed by atoms with Crippen LogP contribution in [0.1, 0.15) is 82.8 Å². The highest BCUT2D eigenvalue weighted by Gasteiger charge is 2.39. The molecule has 0 aromatic carbocycles. The summed E-state index contributed by atoms with van der Waals surface area (Å²) < 4.78 is 5.58. The molecule has 0 saturated heterocycles. The van der Waals surface area contributed by atoms with Crippen LogP contribution >= 0.6 is 0 Å². The summed E-state index contributed by atoms with van der Waals surface area (Å²) in [6.07, 6.45) is 11.8.